The number of hydrogen-bond donors (Lipinski definition) is 1. The van der Waals surface area contributed by atoms with Gasteiger partial charge in [0.05, 0.1) is 18.9 Å². The molecule has 0 radical (unpaired) electrons. The van der Waals surface area contributed by atoms with E-state index in [4.69, 9.17) is 9.29 Å². The summed E-state index contributed by atoms with van der Waals surface area (Å²) >= 11 is 0. The Labute approximate surface area is 198 Å². The predicted molar refractivity (Wildman–Crippen MR) is 115 cm³/mol. The molecule has 0 aromatic heterocycles. The first-order valence-electron chi connectivity index (χ1n) is 10.5. The zero-order chi connectivity index (χ0) is 21.6. The topological polar surface area (TPSA) is 107 Å². The minimum absolute atomic E-state index is 0. The van der Waals surface area contributed by atoms with E-state index in [-0.39, 0.29) is 47.8 Å². The van der Waals surface area contributed by atoms with Crippen molar-refractivity contribution in [3.63, 3.8) is 0 Å². The molecule has 29 heavy (non-hydrogen) atoms. The van der Waals surface area contributed by atoms with Gasteiger partial charge in [-0.25, -0.2) is 0 Å². The third kappa shape index (κ3) is 16.2. The maximum atomic E-state index is 12.3. The monoisotopic (exact) mass is 446 g/mol. The third-order valence-electron chi connectivity index (χ3n) is 5.12. The number of carbonyl (C=O) groups is 2. The number of esters is 1. The molecule has 0 aliphatic rings. The van der Waals surface area contributed by atoms with Gasteiger partial charge in [0, 0.05) is 0 Å². The summed E-state index contributed by atoms with van der Waals surface area (Å²) in [4.78, 5) is 24.4. The molecule has 0 saturated carbocycles. The fraction of sp³-hybridized carbons (Fsp3) is 0.900. The number of unbranched alkanes of at least 4 members (excludes halogenated alkanes) is 2. The standard InChI is InChI=1S/C20H38O7S.Na.H/c1-5-9-11-16(7-3)13-18(20(22)27-28(23,24)25)14-19(21)26-15-17(8-4)12-10-6-2;;/h16-18H,5-15H2,1-4H3,(H,23,24,25);;. The molecule has 0 rings (SSSR count). The van der Waals surface area contributed by atoms with E-state index >= 15 is 0 Å². The minimum atomic E-state index is -4.91. The molecule has 0 bridgehead atoms. The Hall–Kier alpha value is -0.150. The summed E-state index contributed by atoms with van der Waals surface area (Å²) in [5.41, 5.74) is 0. The van der Waals surface area contributed by atoms with Crippen molar-refractivity contribution in [1.82, 2.24) is 0 Å². The summed E-state index contributed by atoms with van der Waals surface area (Å²) in [6, 6.07) is 0. The molecule has 0 aromatic rings. The van der Waals surface area contributed by atoms with Crippen molar-refractivity contribution >= 4 is 51.9 Å². The van der Waals surface area contributed by atoms with Crippen LogP contribution in [0.5, 0.6) is 0 Å². The van der Waals surface area contributed by atoms with Gasteiger partial charge in [0.25, 0.3) is 0 Å². The van der Waals surface area contributed by atoms with Gasteiger partial charge in [-0.3, -0.25) is 14.1 Å². The van der Waals surface area contributed by atoms with E-state index in [0.717, 1.165) is 51.4 Å². The van der Waals surface area contributed by atoms with Crippen molar-refractivity contribution in [2.75, 3.05) is 6.61 Å². The fourth-order valence-electron chi connectivity index (χ4n) is 3.19. The van der Waals surface area contributed by atoms with Crippen molar-refractivity contribution in [1.29, 1.82) is 0 Å². The van der Waals surface area contributed by atoms with Crippen molar-refractivity contribution in [2.45, 2.75) is 91.9 Å². The van der Waals surface area contributed by atoms with Crippen LogP contribution in [-0.4, -0.2) is 61.1 Å². The van der Waals surface area contributed by atoms with Crippen molar-refractivity contribution in [3.8, 4) is 0 Å². The molecule has 1 N–H and O–H groups in total. The number of rotatable bonds is 16. The van der Waals surface area contributed by atoms with Crippen molar-refractivity contribution in [2.24, 2.45) is 17.8 Å². The van der Waals surface area contributed by atoms with Crippen molar-refractivity contribution < 1.29 is 31.5 Å². The van der Waals surface area contributed by atoms with Crippen LogP contribution in [0, 0.1) is 17.8 Å². The molecule has 9 heteroatoms. The summed E-state index contributed by atoms with van der Waals surface area (Å²) in [5.74, 6) is -2.16. The van der Waals surface area contributed by atoms with Gasteiger partial charge in [0.15, 0.2) is 0 Å². The van der Waals surface area contributed by atoms with Gasteiger partial charge >= 0.3 is 51.9 Å². The van der Waals surface area contributed by atoms with Gasteiger partial charge in [0.2, 0.25) is 0 Å². The second-order valence-corrected chi connectivity index (χ2v) is 8.50. The van der Waals surface area contributed by atoms with E-state index in [0.29, 0.717) is 13.0 Å². The summed E-state index contributed by atoms with van der Waals surface area (Å²) < 4.78 is 40.1. The summed E-state index contributed by atoms with van der Waals surface area (Å²) in [7, 11) is -4.91. The van der Waals surface area contributed by atoms with Crippen LogP contribution in [0.15, 0.2) is 0 Å². The number of hydrogen-bond acceptors (Lipinski definition) is 6. The first kappa shape index (κ1) is 31.0. The SMILES string of the molecule is CCCCC(CC)COC(=O)CC(CC(CC)CCCC)C(=O)OS(=O)(=O)O.[NaH]. The summed E-state index contributed by atoms with van der Waals surface area (Å²) in [5, 5.41) is 0. The average Bonchev–Trinajstić information content (AvgIpc) is 2.62. The Bertz CT molecular complexity index is 551. The average molecular weight is 447 g/mol. The molecular weight excluding hydrogens is 407 g/mol. The van der Waals surface area contributed by atoms with E-state index in [1.165, 1.54) is 0 Å². The van der Waals surface area contributed by atoms with E-state index < -0.39 is 28.3 Å². The molecule has 3 atom stereocenters. The van der Waals surface area contributed by atoms with Crippen LogP contribution in [0.4, 0.5) is 0 Å². The van der Waals surface area contributed by atoms with Crippen LogP contribution in [0.1, 0.15) is 91.9 Å². The molecule has 0 spiro atoms. The van der Waals surface area contributed by atoms with Gasteiger partial charge in [-0.1, -0.05) is 72.6 Å². The van der Waals surface area contributed by atoms with Gasteiger partial charge in [0.1, 0.15) is 0 Å². The van der Waals surface area contributed by atoms with Crippen LogP contribution in [0.2, 0.25) is 0 Å². The third-order valence-corrected chi connectivity index (χ3v) is 5.49. The van der Waals surface area contributed by atoms with E-state index in [2.05, 4.69) is 18.0 Å². The van der Waals surface area contributed by atoms with Gasteiger partial charge in [-0.05, 0) is 24.7 Å². The van der Waals surface area contributed by atoms with Crippen LogP contribution in [0.3, 0.4) is 0 Å². The molecule has 3 unspecified atom stereocenters. The van der Waals surface area contributed by atoms with E-state index in [1.807, 2.05) is 13.8 Å². The molecular formula is C20H39NaO7S. The van der Waals surface area contributed by atoms with Crippen LogP contribution < -0.4 is 0 Å². The van der Waals surface area contributed by atoms with Gasteiger partial charge < -0.3 is 8.92 Å². The maximum absolute atomic E-state index is 12.3. The molecule has 168 valence electrons. The first-order valence-corrected chi connectivity index (χ1v) is 11.9. The molecule has 7 nitrogen and oxygen atoms in total. The Morgan fingerprint density at radius 3 is 1.90 bits per heavy atom. The fourth-order valence-corrected chi connectivity index (χ4v) is 3.53. The first-order chi connectivity index (χ1) is 13.2. The molecule has 0 heterocycles. The summed E-state index contributed by atoms with van der Waals surface area (Å²) in [6.07, 6.45) is 7.77. The molecule has 0 aliphatic heterocycles. The zero-order valence-corrected chi connectivity index (χ0v) is 18.6. The van der Waals surface area contributed by atoms with Gasteiger partial charge in [-0.15, -0.1) is 0 Å². The van der Waals surface area contributed by atoms with E-state index in [9.17, 15) is 18.0 Å². The quantitative estimate of drug-likeness (QED) is 0.216. The predicted octanol–water partition coefficient (Wildman–Crippen LogP) is 4.06. The number of ether oxygens (including phenoxy) is 1. The number of carbonyl (C=O) groups excluding carboxylic acids is 2. The molecule has 0 amide bonds. The molecule has 0 fully saturated rings. The Morgan fingerprint density at radius 2 is 1.45 bits per heavy atom. The molecule has 0 saturated heterocycles. The van der Waals surface area contributed by atoms with Gasteiger partial charge in [-0.2, -0.15) is 8.42 Å². The normalized spacial score (nSPS) is 14.4. The molecule has 0 aromatic carbocycles. The Morgan fingerprint density at radius 1 is 0.931 bits per heavy atom. The zero-order valence-electron chi connectivity index (χ0n) is 17.8. The second kappa shape index (κ2) is 17.5. The van der Waals surface area contributed by atoms with Crippen LogP contribution >= 0.6 is 0 Å². The van der Waals surface area contributed by atoms with E-state index in [1.54, 1.807) is 0 Å². The molecule has 0 aliphatic carbocycles. The second-order valence-electron chi connectivity index (χ2n) is 7.48. The Kier molecular flexibility index (Phi) is 18.8. The van der Waals surface area contributed by atoms with Crippen molar-refractivity contribution in [3.05, 3.63) is 0 Å². The Balaban J connectivity index is 0. The van der Waals surface area contributed by atoms with Crippen LogP contribution in [0.25, 0.3) is 0 Å². The summed E-state index contributed by atoms with van der Waals surface area (Å²) in [6.45, 7) is 8.50. The van der Waals surface area contributed by atoms with Crippen LogP contribution in [-0.2, 0) is 28.9 Å².